The van der Waals surface area contributed by atoms with Crippen molar-refractivity contribution in [3.05, 3.63) is 53.3 Å². The first-order chi connectivity index (χ1) is 11.7. The first kappa shape index (κ1) is 18.2. The molecule has 1 fully saturated rings. The summed E-state index contributed by atoms with van der Waals surface area (Å²) in [7, 11) is 0. The summed E-state index contributed by atoms with van der Waals surface area (Å²) in [6, 6.07) is 9.20. The SMILES string of the molecule is [Na+].[O-]c1cc(-c2cnc(OC3CC(c4ccc(Cl)cc4)C3)cn2)on1. The average Bonchev–Trinajstić information content (AvgIpc) is 2.99. The molecule has 0 amide bonds. The number of rotatable bonds is 4. The molecule has 0 bridgehead atoms. The average molecular weight is 366 g/mol. The number of aromatic nitrogens is 3. The van der Waals surface area contributed by atoms with Gasteiger partial charge in [0.2, 0.25) is 5.88 Å². The monoisotopic (exact) mass is 365 g/mol. The Bertz CT molecular complexity index is 833. The van der Waals surface area contributed by atoms with Gasteiger partial charge in [0.15, 0.2) is 5.76 Å². The maximum Gasteiger partial charge on any atom is 1.00 e. The summed E-state index contributed by atoms with van der Waals surface area (Å²) in [6.45, 7) is 0. The van der Waals surface area contributed by atoms with Crippen LogP contribution in [0.3, 0.4) is 0 Å². The van der Waals surface area contributed by atoms with E-state index < -0.39 is 5.88 Å². The van der Waals surface area contributed by atoms with Gasteiger partial charge in [-0.3, -0.25) is 0 Å². The fourth-order valence-corrected chi connectivity index (χ4v) is 2.85. The van der Waals surface area contributed by atoms with Gasteiger partial charge in [-0.15, -0.1) is 0 Å². The zero-order chi connectivity index (χ0) is 16.5. The molecule has 0 unspecified atom stereocenters. The smallest absolute Gasteiger partial charge is 0.856 e. The maximum absolute atomic E-state index is 11.0. The Hall–Kier alpha value is -1.60. The molecular formula is C17H13ClN3NaO3. The van der Waals surface area contributed by atoms with Gasteiger partial charge in [0.25, 0.3) is 0 Å². The molecule has 2 heterocycles. The predicted octanol–water partition coefficient (Wildman–Crippen LogP) is 0.188. The molecule has 1 aliphatic carbocycles. The second-order valence-corrected chi connectivity index (χ2v) is 6.17. The fourth-order valence-electron chi connectivity index (χ4n) is 2.72. The summed E-state index contributed by atoms with van der Waals surface area (Å²) in [5.41, 5.74) is 1.73. The van der Waals surface area contributed by atoms with Crippen LogP contribution in [-0.2, 0) is 0 Å². The van der Waals surface area contributed by atoms with Crippen molar-refractivity contribution < 1.29 is 43.9 Å². The summed E-state index contributed by atoms with van der Waals surface area (Å²) in [6.07, 6.45) is 5.03. The van der Waals surface area contributed by atoms with E-state index in [0.717, 1.165) is 17.9 Å². The number of hydrogen-bond donors (Lipinski definition) is 0. The van der Waals surface area contributed by atoms with Crippen LogP contribution in [0.25, 0.3) is 11.5 Å². The Labute approximate surface area is 171 Å². The Morgan fingerprint density at radius 2 is 1.88 bits per heavy atom. The van der Waals surface area contributed by atoms with Crippen molar-refractivity contribution in [1.29, 1.82) is 0 Å². The molecule has 0 N–H and O–H groups in total. The van der Waals surface area contributed by atoms with E-state index in [0.29, 0.717) is 23.3 Å². The van der Waals surface area contributed by atoms with E-state index in [1.54, 1.807) is 0 Å². The molecule has 6 nitrogen and oxygen atoms in total. The van der Waals surface area contributed by atoms with Crippen molar-refractivity contribution in [2.24, 2.45) is 0 Å². The van der Waals surface area contributed by atoms with Crippen molar-refractivity contribution in [2.75, 3.05) is 0 Å². The molecule has 4 rings (SSSR count). The number of ether oxygens (including phenoxy) is 1. The van der Waals surface area contributed by atoms with Crippen molar-refractivity contribution in [3.8, 4) is 23.2 Å². The van der Waals surface area contributed by atoms with E-state index in [-0.39, 0.29) is 35.7 Å². The molecular weight excluding hydrogens is 353 g/mol. The van der Waals surface area contributed by atoms with E-state index in [1.807, 2.05) is 12.1 Å². The molecule has 25 heavy (non-hydrogen) atoms. The molecule has 3 aromatic rings. The number of hydrogen-bond acceptors (Lipinski definition) is 6. The van der Waals surface area contributed by atoms with Gasteiger partial charge in [-0.2, -0.15) is 0 Å². The minimum atomic E-state index is -0.435. The number of halogens is 1. The van der Waals surface area contributed by atoms with Crippen molar-refractivity contribution >= 4 is 11.6 Å². The third kappa shape index (κ3) is 4.15. The summed E-state index contributed by atoms with van der Waals surface area (Å²) >= 11 is 5.90. The van der Waals surface area contributed by atoms with Crippen LogP contribution in [0.5, 0.6) is 11.8 Å². The molecule has 1 aromatic carbocycles. The van der Waals surface area contributed by atoms with Gasteiger partial charge in [0, 0.05) is 17.0 Å². The van der Waals surface area contributed by atoms with E-state index in [1.165, 1.54) is 24.0 Å². The summed E-state index contributed by atoms with van der Waals surface area (Å²) in [5.74, 6) is 0.810. The van der Waals surface area contributed by atoms with E-state index in [9.17, 15) is 5.11 Å². The molecule has 0 aliphatic heterocycles. The first-order valence-corrected chi connectivity index (χ1v) is 7.93. The van der Waals surface area contributed by atoms with Crippen LogP contribution in [0.1, 0.15) is 24.3 Å². The van der Waals surface area contributed by atoms with Gasteiger partial charge >= 0.3 is 29.6 Å². The summed E-state index contributed by atoms with van der Waals surface area (Å²) < 4.78 is 10.7. The third-order valence-corrected chi connectivity index (χ3v) is 4.34. The van der Waals surface area contributed by atoms with Gasteiger partial charge in [-0.1, -0.05) is 28.9 Å². The molecule has 0 saturated heterocycles. The Morgan fingerprint density at radius 1 is 1.12 bits per heavy atom. The van der Waals surface area contributed by atoms with Gasteiger partial charge in [0.05, 0.1) is 12.4 Å². The van der Waals surface area contributed by atoms with Crippen molar-refractivity contribution in [1.82, 2.24) is 15.1 Å². The Morgan fingerprint density at radius 3 is 2.48 bits per heavy atom. The molecule has 1 saturated carbocycles. The van der Waals surface area contributed by atoms with Crippen LogP contribution in [0.2, 0.25) is 5.02 Å². The standard InChI is InChI=1S/C17H14ClN3O3.Na/c18-12-3-1-10(2-4-12)11-5-13(6-11)23-17-9-19-14(8-20-17)15-7-16(22)21-24-15;/h1-4,7-9,11,13H,5-6H2,(H,21,22);/q;+1/p-1. The molecule has 0 radical (unpaired) electrons. The fraction of sp³-hybridized carbons (Fsp3) is 0.235. The van der Waals surface area contributed by atoms with Gasteiger partial charge in [-0.25, -0.2) is 9.97 Å². The normalized spacial score (nSPS) is 18.9. The summed E-state index contributed by atoms with van der Waals surface area (Å²) in [5, 5.41) is 15.0. The van der Waals surface area contributed by atoms with Gasteiger partial charge < -0.3 is 14.4 Å². The van der Waals surface area contributed by atoms with Crippen molar-refractivity contribution in [3.63, 3.8) is 0 Å². The summed E-state index contributed by atoms with van der Waals surface area (Å²) in [4.78, 5) is 8.39. The second kappa shape index (κ2) is 7.74. The van der Waals surface area contributed by atoms with Crippen LogP contribution in [0, 0.1) is 0 Å². The third-order valence-electron chi connectivity index (χ3n) is 4.09. The first-order valence-electron chi connectivity index (χ1n) is 7.55. The molecule has 8 heteroatoms. The quantitative estimate of drug-likeness (QED) is 0.614. The topological polar surface area (TPSA) is 84.1 Å². The largest absolute Gasteiger partial charge is 1.00 e. The molecule has 2 aromatic heterocycles. The zero-order valence-corrected chi connectivity index (χ0v) is 16.3. The maximum atomic E-state index is 11.0. The van der Waals surface area contributed by atoms with Crippen LogP contribution in [-0.4, -0.2) is 21.2 Å². The predicted molar refractivity (Wildman–Crippen MR) is 84.8 cm³/mol. The van der Waals surface area contributed by atoms with E-state index >= 15 is 0 Å². The van der Waals surface area contributed by atoms with Crippen LogP contribution < -0.4 is 39.4 Å². The molecule has 1 aliphatic rings. The van der Waals surface area contributed by atoms with E-state index in [4.69, 9.17) is 20.9 Å². The van der Waals surface area contributed by atoms with Crippen LogP contribution in [0.4, 0.5) is 0 Å². The van der Waals surface area contributed by atoms with E-state index in [2.05, 4.69) is 27.3 Å². The van der Waals surface area contributed by atoms with Gasteiger partial charge in [-0.05, 0) is 36.5 Å². The van der Waals surface area contributed by atoms with Crippen LogP contribution in [0.15, 0.2) is 47.2 Å². The molecule has 0 atom stereocenters. The minimum Gasteiger partial charge on any atom is -0.856 e. The zero-order valence-electron chi connectivity index (χ0n) is 13.6. The minimum absolute atomic E-state index is 0. The van der Waals surface area contributed by atoms with Crippen molar-refractivity contribution in [2.45, 2.75) is 24.9 Å². The number of benzene rings is 1. The molecule has 0 spiro atoms. The Balaban J connectivity index is 0.00000182. The molecule has 122 valence electrons. The Kier molecular flexibility index (Phi) is 5.64. The number of nitrogens with zero attached hydrogens (tertiary/aromatic N) is 3. The second-order valence-electron chi connectivity index (χ2n) is 5.73. The van der Waals surface area contributed by atoms with Gasteiger partial charge in [0.1, 0.15) is 11.8 Å². The van der Waals surface area contributed by atoms with Crippen LogP contribution >= 0.6 is 11.6 Å².